The summed E-state index contributed by atoms with van der Waals surface area (Å²) >= 11 is 3.47. The molecule has 0 saturated carbocycles. The highest BCUT2D eigenvalue weighted by molar-refractivity contribution is 9.10. The Kier molecular flexibility index (Phi) is 5.75. The lowest BCUT2D eigenvalue weighted by atomic mass is 10.0. The molecule has 0 heterocycles. The van der Waals surface area contributed by atoms with Crippen LogP contribution in [0.4, 0.5) is 0 Å². The molecule has 0 spiro atoms. The molecule has 0 aromatic heterocycles. The molecule has 0 aliphatic rings. The van der Waals surface area contributed by atoms with E-state index in [1.54, 1.807) is 13.3 Å². The molecule has 0 radical (unpaired) electrons. The third-order valence-corrected chi connectivity index (χ3v) is 4.13. The van der Waals surface area contributed by atoms with E-state index in [1.807, 2.05) is 78.9 Å². The first-order valence-electron chi connectivity index (χ1n) is 7.83. The molecule has 0 aliphatic heterocycles. The molecule has 0 unspecified atom stereocenters. The monoisotopic (exact) mass is 392 g/mol. The van der Waals surface area contributed by atoms with Crippen LogP contribution in [0.5, 0.6) is 5.75 Å². The summed E-state index contributed by atoms with van der Waals surface area (Å²) in [7, 11) is 1.64. The van der Waals surface area contributed by atoms with Crippen LogP contribution >= 0.6 is 15.9 Å². The van der Waals surface area contributed by atoms with E-state index >= 15 is 0 Å². The SMILES string of the molecule is COc1ccc(Br)cc1C=NN=C(c1ccccc1)c1ccccc1. The molecule has 3 aromatic rings. The summed E-state index contributed by atoms with van der Waals surface area (Å²) in [6.45, 7) is 0. The van der Waals surface area contributed by atoms with Gasteiger partial charge in [0.15, 0.2) is 0 Å². The Hall–Kier alpha value is -2.72. The van der Waals surface area contributed by atoms with Gasteiger partial charge in [-0.1, -0.05) is 76.6 Å². The van der Waals surface area contributed by atoms with E-state index in [0.717, 1.165) is 32.6 Å². The Morgan fingerprint density at radius 3 is 2.04 bits per heavy atom. The van der Waals surface area contributed by atoms with Crippen LogP contribution in [0.1, 0.15) is 16.7 Å². The number of halogens is 1. The van der Waals surface area contributed by atoms with Crippen molar-refractivity contribution in [3.05, 3.63) is 100 Å². The van der Waals surface area contributed by atoms with Crippen molar-refractivity contribution < 1.29 is 4.74 Å². The molecule has 0 saturated heterocycles. The summed E-state index contributed by atoms with van der Waals surface area (Å²) in [5.41, 5.74) is 3.73. The second-order valence-corrected chi connectivity index (χ2v) is 6.23. The van der Waals surface area contributed by atoms with Gasteiger partial charge >= 0.3 is 0 Å². The molecule has 0 amide bonds. The smallest absolute Gasteiger partial charge is 0.127 e. The first-order valence-corrected chi connectivity index (χ1v) is 8.62. The average molecular weight is 393 g/mol. The zero-order valence-corrected chi connectivity index (χ0v) is 15.3. The number of hydrogen-bond donors (Lipinski definition) is 0. The van der Waals surface area contributed by atoms with Gasteiger partial charge in [-0.2, -0.15) is 5.10 Å². The Labute approximate surface area is 155 Å². The quantitative estimate of drug-likeness (QED) is 0.426. The van der Waals surface area contributed by atoms with E-state index < -0.39 is 0 Å². The fourth-order valence-corrected chi connectivity index (χ4v) is 2.81. The standard InChI is InChI=1S/C21H17BrN2O/c1-25-20-13-12-19(22)14-18(20)15-23-24-21(16-8-4-2-5-9-16)17-10-6-3-7-11-17/h2-15H,1H3. The number of hydrogen-bond acceptors (Lipinski definition) is 3. The van der Waals surface area contributed by atoms with Crippen LogP contribution < -0.4 is 4.74 Å². The molecule has 25 heavy (non-hydrogen) atoms. The Morgan fingerprint density at radius 2 is 1.48 bits per heavy atom. The molecule has 4 heteroatoms. The zero-order valence-electron chi connectivity index (χ0n) is 13.8. The fraction of sp³-hybridized carbons (Fsp3) is 0.0476. The number of ether oxygens (including phenoxy) is 1. The third-order valence-electron chi connectivity index (χ3n) is 3.64. The topological polar surface area (TPSA) is 34.0 Å². The second-order valence-electron chi connectivity index (χ2n) is 5.31. The molecule has 0 bridgehead atoms. The zero-order chi connectivity index (χ0) is 17.5. The summed E-state index contributed by atoms with van der Waals surface area (Å²) in [6.07, 6.45) is 1.70. The van der Waals surface area contributed by atoms with E-state index in [9.17, 15) is 0 Å². The van der Waals surface area contributed by atoms with Gasteiger partial charge in [-0.3, -0.25) is 0 Å². The molecule has 3 nitrogen and oxygen atoms in total. The van der Waals surface area contributed by atoms with Crippen molar-refractivity contribution in [2.24, 2.45) is 10.2 Å². The van der Waals surface area contributed by atoms with Gasteiger partial charge in [0.25, 0.3) is 0 Å². The maximum Gasteiger partial charge on any atom is 0.127 e. The van der Waals surface area contributed by atoms with Crippen molar-refractivity contribution >= 4 is 27.9 Å². The lowest BCUT2D eigenvalue weighted by molar-refractivity contribution is 0.414. The molecule has 0 fully saturated rings. The highest BCUT2D eigenvalue weighted by Gasteiger charge is 2.06. The fourth-order valence-electron chi connectivity index (χ4n) is 2.43. The highest BCUT2D eigenvalue weighted by Crippen LogP contribution is 2.21. The van der Waals surface area contributed by atoms with E-state index in [4.69, 9.17) is 4.74 Å². The molecule has 0 atom stereocenters. The van der Waals surface area contributed by atoms with Crippen molar-refractivity contribution in [2.45, 2.75) is 0 Å². The third kappa shape index (κ3) is 4.43. The number of nitrogens with zero attached hydrogens (tertiary/aromatic N) is 2. The van der Waals surface area contributed by atoms with Gasteiger partial charge in [-0.05, 0) is 18.2 Å². The van der Waals surface area contributed by atoms with Gasteiger partial charge in [0.2, 0.25) is 0 Å². The maximum absolute atomic E-state index is 5.37. The van der Waals surface area contributed by atoms with Crippen molar-refractivity contribution in [2.75, 3.05) is 7.11 Å². The highest BCUT2D eigenvalue weighted by atomic mass is 79.9. The van der Waals surface area contributed by atoms with Gasteiger partial charge in [-0.25, -0.2) is 0 Å². The summed E-state index contributed by atoms with van der Waals surface area (Å²) < 4.78 is 6.33. The Morgan fingerprint density at radius 1 is 0.880 bits per heavy atom. The van der Waals surface area contributed by atoms with Crippen LogP contribution in [0.15, 0.2) is 93.5 Å². The van der Waals surface area contributed by atoms with E-state index in [1.165, 1.54) is 0 Å². The maximum atomic E-state index is 5.37. The van der Waals surface area contributed by atoms with Crippen molar-refractivity contribution in [3.8, 4) is 5.75 Å². The van der Waals surface area contributed by atoms with Crippen molar-refractivity contribution in [3.63, 3.8) is 0 Å². The summed E-state index contributed by atoms with van der Waals surface area (Å²) in [5.74, 6) is 0.753. The summed E-state index contributed by atoms with van der Waals surface area (Å²) in [5, 5.41) is 8.79. The van der Waals surface area contributed by atoms with Crippen LogP contribution in [0.3, 0.4) is 0 Å². The first kappa shape index (κ1) is 17.1. The lowest BCUT2D eigenvalue weighted by Gasteiger charge is -2.06. The minimum absolute atomic E-state index is 0.753. The van der Waals surface area contributed by atoms with Crippen LogP contribution in [-0.4, -0.2) is 19.0 Å². The van der Waals surface area contributed by atoms with Gasteiger partial charge < -0.3 is 4.74 Å². The van der Waals surface area contributed by atoms with E-state index in [-0.39, 0.29) is 0 Å². The molecule has 0 aliphatic carbocycles. The minimum Gasteiger partial charge on any atom is -0.496 e. The van der Waals surface area contributed by atoms with E-state index in [2.05, 4.69) is 26.1 Å². The number of methoxy groups -OCH3 is 1. The van der Waals surface area contributed by atoms with Gasteiger partial charge in [0.1, 0.15) is 11.5 Å². The van der Waals surface area contributed by atoms with Gasteiger partial charge in [-0.15, -0.1) is 5.10 Å². The van der Waals surface area contributed by atoms with E-state index in [0.29, 0.717) is 0 Å². The molecular weight excluding hydrogens is 376 g/mol. The minimum atomic E-state index is 0.753. The van der Waals surface area contributed by atoms with Crippen LogP contribution in [0.25, 0.3) is 0 Å². The van der Waals surface area contributed by atoms with Gasteiger partial charge in [0.05, 0.1) is 13.3 Å². The van der Waals surface area contributed by atoms with Crippen LogP contribution in [0.2, 0.25) is 0 Å². The molecule has 124 valence electrons. The Bertz CT molecular complexity index is 849. The molecule has 3 aromatic carbocycles. The normalized spacial score (nSPS) is 10.6. The summed E-state index contributed by atoms with van der Waals surface area (Å²) in [6, 6.07) is 25.8. The molecular formula is C21H17BrN2O. The van der Waals surface area contributed by atoms with Crippen molar-refractivity contribution in [1.82, 2.24) is 0 Å². The second kappa shape index (κ2) is 8.40. The Balaban J connectivity index is 1.99. The number of benzene rings is 3. The van der Waals surface area contributed by atoms with Crippen LogP contribution in [-0.2, 0) is 0 Å². The molecule has 3 rings (SSSR count). The average Bonchev–Trinajstić information content (AvgIpc) is 2.67. The predicted molar refractivity (Wildman–Crippen MR) is 107 cm³/mol. The van der Waals surface area contributed by atoms with Crippen LogP contribution in [0, 0.1) is 0 Å². The largest absolute Gasteiger partial charge is 0.496 e. The van der Waals surface area contributed by atoms with Gasteiger partial charge in [0, 0.05) is 21.2 Å². The lowest BCUT2D eigenvalue weighted by Crippen LogP contribution is -2.02. The number of rotatable bonds is 5. The summed E-state index contributed by atoms with van der Waals surface area (Å²) in [4.78, 5) is 0. The first-order chi connectivity index (χ1) is 12.3. The predicted octanol–water partition coefficient (Wildman–Crippen LogP) is 5.33. The molecule has 0 N–H and O–H groups in total. The van der Waals surface area contributed by atoms with Crippen molar-refractivity contribution in [1.29, 1.82) is 0 Å².